The molecule has 1 saturated heterocycles. The zero-order valence-corrected chi connectivity index (χ0v) is 18.9. The summed E-state index contributed by atoms with van der Waals surface area (Å²) in [5, 5.41) is 3.05. The largest absolute Gasteiger partial charge is 0.454 e. The van der Waals surface area contributed by atoms with E-state index in [1.807, 2.05) is 18.2 Å². The number of nitrogens with one attached hydrogen (secondary N) is 2. The van der Waals surface area contributed by atoms with Crippen LogP contribution < -0.4 is 19.5 Å². The number of anilines is 1. The van der Waals surface area contributed by atoms with Gasteiger partial charge in [0.2, 0.25) is 16.8 Å². The number of hydrogen-bond acceptors (Lipinski definition) is 6. The quantitative estimate of drug-likeness (QED) is 0.628. The highest BCUT2D eigenvalue weighted by Crippen LogP contribution is 2.40. The van der Waals surface area contributed by atoms with E-state index in [0.717, 1.165) is 24.2 Å². The van der Waals surface area contributed by atoms with Crippen LogP contribution in [-0.4, -0.2) is 46.6 Å². The molecule has 172 valence electrons. The smallest absolute Gasteiger partial charge is 0.251 e. The molecular formula is C23H28N2O6S. The fourth-order valence-electron chi connectivity index (χ4n) is 4.13. The highest BCUT2D eigenvalue weighted by atomic mass is 32.2. The van der Waals surface area contributed by atoms with E-state index in [0.29, 0.717) is 43.2 Å². The third kappa shape index (κ3) is 4.99. The molecule has 32 heavy (non-hydrogen) atoms. The Labute approximate surface area is 188 Å². The molecule has 8 nitrogen and oxygen atoms in total. The Hall–Kier alpha value is -2.78. The number of amides is 1. The molecule has 2 N–H and O–H groups in total. The van der Waals surface area contributed by atoms with Crippen LogP contribution in [0.1, 0.15) is 42.1 Å². The van der Waals surface area contributed by atoms with Gasteiger partial charge in [0.15, 0.2) is 11.5 Å². The zero-order chi connectivity index (χ0) is 22.6. The van der Waals surface area contributed by atoms with Crippen molar-refractivity contribution < 1.29 is 27.4 Å². The molecule has 0 saturated carbocycles. The molecule has 2 aliphatic rings. The van der Waals surface area contributed by atoms with E-state index >= 15 is 0 Å². The Balaban J connectivity index is 1.49. The third-order valence-electron chi connectivity index (χ3n) is 5.89. The second kappa shape index (κ2) is 9.38. The van der Waals surface area contributed by atoms with Gasteiger partial charge in [-0.15, -0.1) is 0 Å². The van der Waals surface area contributed by atoms with E-state index in [1.54, 1.807) is 31.2 Å². The van der Waals surface area contributed by atoms with Gasteiger partial charge < -0.3 is 19.5 Å². The van der Waals surface area contributed by atoms with E-state index < -0.39 is 10.0 Å². The number of carbonyl (C=O) groups is 1. The second-order valence-electron chi connectivity index (χ2n) is 8.15. The number of fused-ring (bicyclic) bond motifs is 1. The lowest BCUT2D eigenvalue weighted by Crippen LogP contribution is -2.44. The highest BCUT2D eigenvalue weighted by Gasteiger charge is 2.36. The predicted octanol–water partition coefficient (Wildman–Crippen LogP) is 3.05. The van der Waals surface area contributed by atoms with Crippen LogP contribution in [0.2, 0.25) is 0 Å². The first-order chi connectivity index (χ1) is 15.4. The first-order valence-corrected chi connectivity index (χ1v) is 12.4. The average Bonchev–Trinajstić information content (AvgIpc) is 3.26. The average molecular weight is 461 g/mol. The normalized spacial score (nSPS) is 17.0. The molecule has 1 amide bonds. The summed E-state index contributed by atoms with van der Waals surface area (Å²) in [5.41, 5.74) is 1.57. The van der Waals surface area contributed by atoms with Crippen LogP contribution in [0.4, 0.5) is 5.69 Å². The molecule has 0 aliphatic carbocycles. The summed E-state index contributed by atoms with van der Waals surface area (Å²) in [6.07, 6.45) is 2.05. The number of ether oxygens (including phenoxy) is 3. The molecule has 2 aromatic carbocycles. The molecule has 9 heteroatoms. The van der Waals surface area contributed by atoms with E-state index in [-0.39, 0.29) is 23.9 Å². The number of hydrogen-bond donors (Lipinski definition) is 2. The van der Waals surface area contributed by atoms with Gasteiger partial charge in [-0.3, -0.25) is 9.52 Å². The maximum absolute atomic E-state index is 12.9. The molecule has 0 atom stereocenters. The molecule has 0 bridgehead atoms. The molecule has 0 aromatic heterocycles. The van der Waals surface area contributed by atoms with Gasteiger partial charge in [-0.25, -0.2) is 8.42 Å². The molecule has 2 heterocycles. The fraction of sp³-hybridized carbons (Fsp3) is 0.435. The Morgan fingerprint density at radius 1 is 1.06 bits per heavy atom. The van der Waals surface area contributed by atoms with Gasteiger partial charge >= 0.3 is 0 Å². The fourth-order valence-corrected chi connectivity index (χ4v) is 5.26. The molecule has 4 rings (SSSR count). The summed E-state index contributed by atoms with van der Waals surface area (Å²) < 4.78 is 43.2. The summed E-state index contributed by atoms with van der Waals surface area (Å²) in [6.45, 7) is 3.66. The summed E-state index contributed by atoms with van der Waals surface area (Å²) >= 11 is 0. The lowest BCUT2D eigenvalue weighted by atomic mass is 9.74. The van der Waals surface area contributed by atoms with Crippen LogP contribution in [0.25, 0.3) is 0 Å². The van der Waals surface area contributed by atoms with Gasteiger partial charge in [0.1, 0.15) is 0 Å². The lowest BCUT2D eigenvalue weighted by Gasteiger charge is -2.38. The predicted molar refractivity (Wildman–Crippen MR) is 121 cm³/mol. The minimum absolute atomic E-state index is 0.0313. The van der Waals surface area contributed by atoms with Crippen LogP contribution in [0.5, 0.6) is 11.5 Å². The van der Waals surface area contributed by atoms with Crippen LogP contribution in [0.3, 0.4) is 0 Å². The maximum Gasteiger partial charge on any atom is 0.251 e. The summed E-state index contributed by atoms with van der Waals surface area (Å²) in [5.74, 6) is 1.21. The topological polar surface area (TPSA) is 103 Å². The number of carbonyl (C=O) groups excluding carboxylic acids is 1. The minimum Gasteiger partial charge on any atom is -0.454 e. The molecule has 2 aromatic rings. The SMILES string of the molecule is CCCS(=O)(=O)Nc1cccc(C(=O)NCC2(c3ccc4c(c3)OCO4)CCOCC2)c1. The van der Waals surface area contributed by atoms with Gasteiger partial charge in [0.05, 0.1) is 5.75 Å². The molecule has 1 fully saturated rings. The van der Waals surface area contributed by atoms with Crippen molar-refractivity contribution in [3.8, 4) is 11.5 Å². The lowest BCUT2D eigenvalue weighted by molar-refractivity contribution is 0.0486. The van der Waals surface area contributed by atoms with Crippen molar-refractivity contribution >= 4 is 21.6 Å². The standard InChI is InChI=1S/C23H28N2O6S/c1-2-12-32(27,28)25-19-5-3-4-17(13-19)22(26)24-15-23(8-10-29-11-9-23)18-6-7-20-21(14-18)31-16-30-20/h3-7,13-14,25H,2,8-12,15-16H2,1H3,(H,24,26). The summed E-state index contributed by atoms with van der Waals surface area (Å²) in [6, 6.07) is 12.4. The van der Waals surface area contributed by atoms with Crippen LogP contribution in [0.15, 0.2) is 42.5 Å². The second-order valence-corrected chi connectivity index (χ2v) is 9.99. The molecule has 0 unspecified atom stereocenters. The van der Waals surface area contributed by atoms with Gasteiger partial charge in [-0.1, -0.05) is 19.1 Å². The van der Waals surface area contributed by atoms with Crippen molar-refractivity contribution in [1.82, 2.24) is 5.32 Å². The minimum atomic E-state index is -3.43. The highest BCUT2D eigenvalue weighted by molar-refractivity contribution is 7.92. The van der Waals surface area contributed by atoms with E-state index in [9.17, 15) is 13.2 Å². The first kappa shape index (κ1) is 22.4. The van der Waals surface area contributed by atoms with Crippen molar-refractivity contribution in [2.45, 2.75) is 31.6 Å². The zero-order valence-electron chi connectivity index (χ0n) is 18.1. The van der Waals surface area contributed by atoms with Crippen LogP contribution >= 0.6 is 0 Å². The molecule has 0 spiro atoms. The van der Waals surface area contributed by atoms with Crippen molar-refractivity contribution in [3.63, 3.8) is 0 Å². The van der Waals surface area contributed by atoms with E-state index in [4.69, 9.17) is 14.2 Å². The Kier molecular flexibility index (Phi) is 6.57. The molecule has 0 radical (unpaired) electrons. The number of rotatable bonds is 8. The van der Waals surface area contributed by atoms with Gasteiger partial charge in [-0.2, -0.15) is 0 Å². The van der Waals surface area contributed by atoms with Gasteiger partial charge in [0, 0.05) is 36.4 Å². The number of sulfonamides is 1. The van der Waals surface area contributed by atoms with Gasteiger partial charge in [-0.05, 0) is 55.2 Å². The monoisotopic (exact) mass is 460 g/mol. The van der Waals surface area contributed by atoms with Crippen molar-refractivity contribution in [2.24, 2.45) is 0 Å². The molecular weight excluding hydrogens is 432 g/mol. The Morgan fingerprint density at radius 3 is 2.62 bits per heavy atom. The maximum atomic E-state index is 12.9. The number of benzene rings is 2. The van der Waals surface area contributed by atoms with E-state index in [1.165, 1.54) is 0 Å². The third-order valence-corrected chi connectivity index (χ3v) is 7.39. The first-order valence-electron chi connectivity index (χ1n) is 10.8. The summed E-state index contributed by atoms with van der Waals surface area (Å²) in [4.78, 5) is 12.9. The van der Waals surface area contributed by atoms with E-state index in [2.05, 4.69) is 10.0 Å². The van der Waals surface area contributed by atoms with Crippen molar-refractivity contribution in [1.29, 1.82) is 0 Å². The van der Waals surface area contributed by atoms with Crippen molar-refractivity contribution in [2.75, 3.05) is 37.0 Å². The Bertz CT molecular complexity index is 1080. The van der Waals surface area contributed by atoms with Gasteiger partial charge in [0.25, 0.3) is 5.91 Å². The Morgan fingerprint density at radius 2 is 1.84 bits per heavy atom. The van der Waals surface area contributed by atoms with Crippen LogP contribution in [0, 0.1) is 0 Å². The van der Waals surface area contributed by atoms with Crippen LogP contribution in [-0.2, 0) is 20.2 Å². The molecule has 2 aliphatic heterocycles. The summed E-state index contributed by atoms with van der Waals surface area (Å²) in [7, 11) is -3.43. The van der Waals surface area contributed by atoms with Crippen molar-refractivity contribution in [3.05, 3.63) is 53.6 Å².